The zero-order valence-corrected chi connectivity index (χ0v) is 12.6. The van der Waals surface area contributed by atoms with Crippen LogP contribution in [0.1, 0.15) is 27.6 Å². The van der Waals surface area contributed by atoms with E-state index in [0.717, 1.165) is 0 Å². The molecule has 1 aromatic heterocycles. The fraction of sp³-hybridized carbons (Fsp3) is 0.133. The third-order valence-corrected chi connectivity index (χ3v) is 3.66. The molecule has 114 valence electrons. The third-order valence-electron chi connectivity index (χ3n) is 2.83. The summed E-state index contributed by atoms with van der Waals surface area (Å²) in [4.78, 5) is 35.1. The number of rotatable bonds is 5. The molecule has 0 saturated heterocycles. The number of primary amides is 1. The molecular weight excluding hydrogens is 304 g/mol. The lowest BCUT2D eigenvalue weighted by molar-refractivity contribution is -0.123. The Hall–Kier alpha value is -2.67. The summed E-state index contributed by atoms with van der Waals surface area (Å²) in [7, 11) is 0. The molecule has 3 N–H and O–H groups in total. The maximum atomic E-state index is 12.0. The van der Waals surface area contributed by atoms with Gasteiger partial charge in [-0.15, -0.1) is 11.3 Å². The number of carbonyl (C=O) groups is 3. The number of nitrogens with two attached hydrogens (primary N) is 1. The number of nitrogens with one attached hydrogen (secondary N) is 1. The Morgan fingerprint density at radius 1 is 1.18 bits per heavy atom. The van der Waals surface area contributed by atoms with Gasteiger partial charge in [0.1, 0.15) is 5.00 Å². The number of benzene rings is 1. The van der Waals surface area contributed by atoms with Gasteiger partial charge in [-0.25, -0.2) is 4.79 Å². The van der Waals surface area contributed by atoms with E-state index in [-0.39, 0.29) is 5.56 Å². The molecule has 1 heterocycles. The molecule has 1 aromatic carbocycles. The van der Waals surface area contributed by atoms with Crippen LogP contribution in [0.2, 0.25) is 0 Å². The van der Waals surface area contributed by atoms with Crippen molar-refractivity contribution in [3.8, 4) is 0 Å². The van der Waals surface area contributed by atoms with Crippen molar-refractivity contribution in [1.29, 1.82) is 0 Å². The van der Waals surface area contributed by atoms with Crippen molar-refractivity contribution in [3.63, 3.8) is 0 Å². The SMILES string of the molecule is CC(OC(=O)c1ccccc1)C(=O)Nc1sccc1C(N)=O. The average Bonchev–Trinajstić information content (AvgIpc) is 2.96. The number of thiophene rings is 1. The van der Waals surface area contributed by atoms with Gasteiger partial charge in [-0.05, 0) is 30.5 Å². The Morgan fingerprint density at radius 2 is 1.86 bits per heavy atom. The smallest absolute Gasteiger partial charge is 0.338 e. The Kier molecular flexibility index (Phi) is 4.90. The summed E-state index contributed by atoms with van der Waals surface area (Å²) in [5.41, 5.74) is 5.78. The first-order valence-electron chi connectivity index (χ1n) is 6.43. The molecule has 0 aliphatic carbocycles. The van der Waals surface area contributed by atoms with Crippen LogP contribution < -0.4 is 11.1 Å². The second kappa shape index (κ2) is 6.86. The van der Waals surface area contributed by atoms with Crippen LogP contribution in [0.3, 0.4) is 0 Å². The maximum Gasteiger partial charge on any atom is 0.338 e. The van der Waals surface area contributed by atoms with Crippen LogP contribution in [0.15, 0.2) is 41.8 Å². The van der Waals surface area contributed by atoms with Crippen LogP contribution in [-0.2, 0) is 9.53 Å². The molecule has 0 spiro atoms. The van der Waals surface area contributed by atoms with Crippen molar-refractivity contribution >= 4 is 34.1 Å². The van der Waals surface area contributed by atoms with Crippen molar-refractivity contribution < 1.29 is 19.1 Å². The van der Waals surface area contributed by atoms with Crippen LogP contribution in [0.4, 0.5) is 5.00 Å². The molecule has 1 unspecified atom stereocenters. The molecule has 0 aliphatic rings. The second-order valence-electron chi connectivity index (χ2n) is 4.43. The number of amides is 2. The molecule has 2 aromatic rings. The van der Waals surface area contributed by atoms with E-state index >= 15 is 0 Å². The summed E-state index contributed by atoms with van der Waals surface area (Å²) in [6, 6.07) is 9.88. The molecule has 2 rings (SSSR count). The molecule has 6 nitrogen and oxygen atoms in total. The van der Waals surface area contributed by atoms with Gasteiger partial charge >= 0.3 is 5.97 Å². The summed E-state index contributed by atoms with van der Waals surface area (Å²) < 4.78 is 5.08. The molecule has 0 fully saturated rings. The standard InChI is InChI=1S/C15H14N2O4S/c1-9(21-15(20)10-5-3-2-4-6-10)13(19)17-14-11(12(16)18)7-8-22-14/h2-9H,1H3,(H2,16,18)(H,17,19). The van der Waals surface area contributed by atoms with E-state index < -0.39 is 23.9 Å². The predicted molar refractivity (Wildman–Crippen MR) is 82.8 cm³/mol. The molecule has 0 bridgehead atoms. The van der Waals surface area contributed by atoms with E-state index in [1.807, 2.05) is 0 Å². The van der Waals surface area contributed by atoms with E-state index in [2.05, 4.69) is 5.32 Å². The number of esters is 1. The fourth-order valence-corrected chi connectivity index (χ4v) is 2.47. The number of carbonyl (C=O) groups excluding carboxylic acids is 3. The average molecular weight is 318 g/mol. The Bertz CT molecular complexity index is 697. The summed E-state index contributed by atoms with van der Waals surface area (Å²) in [5, 5.41) is 4.50. The largest absolute Gasteiger partial charge is 0.449 e. The Balaban J connectivity index is 1.99. The number of ether oxygens (including phenoxy) is 1. The fourth-order valence-electron chi connectivity index (χ4n) is 1.67. The third kappa shape index (κ3) is 3.70. The monoisotopic (exact) mass is 318 g/mol. The predicted octanol–water partition coefficient (Wildman–Crippen LogP) is 2.03. The second-order valence-corrected chi connectivity index (χ2v) is 5.35. The highest BCUT2D eigenvalue weighted by atomic mass is 32.1. The summed E-state index contributed by atoms with van der Waals surface area (Å²) in [6.07, 6.45) is -1.00. The molecular formula is C15H14N2O4S. The molecule has 2 amide bonds. The van der Waals surface area contributed by atoms with Gasteiger partial charge in [0.15, 0.2) is 6.10 Å². The van der Waals surface area contributed by atoms with E-state index in [1.165, 1.54) is 24.3 Å². The highest BCUT2D eigenvalue weighted by Gasteiger charge is 2.21. The van der Waals surface area contributed by atoms with Gasteiger partial charge in [0, 0.05) is 0 Å². The lowest BCUT2D eigenvalue weighted by atomic mass is 10.2. The molecule has 0 saturated carbocycles. The summed E-state index contributed by atoms with van der Waals surface area (Å²) in [6.45, 7) is 1.45. The summed E-state index contributed by atoms with van der Waals surface area (Å²) >= 11 is 1.17. The van der Waals surface area contributed by atoms with Crippen molar-refractivity contribution in [1.82, 2.24) is 0 Å². The minimum absolute atomic E-state index is 0.222. The van der Waals surface area contributed by atoms with Crippen molar-refractivity contribution in [2.24, 2.45) is 5.73 Å². The van der Waals surface area contributed by atoms with E-state index in [1.54, 1.807) is 35.7 Å². The Labute approximate surface area is 130 Å². The van der Waals surface area contributed by atoms with Crippen LogP contribution in [0.5, 0.6) is 0 Å². The van der Waals surface area contributed by atoms with E-state index in [0.29, 0.717) is 10.6 Å². The maximum absolute atomic E-state index is 12.0. The quantitative estimate of drug-likeness (QED) is 0.824. The molecule has 22 heavy (non-hydrogen) atoms. The normalized spacial score (nSPS) is 11.5. The first-order valence-corrected chi connectivity index (χ1v) is 7.31. The number of anilines is 1. The van der Waals surface area contributed by atoms with Gasteiger partial charge in [0.2, 0.25) is 0 Å². The molecule has 1 atom stereocenters. The van der Waals surface area contributed by atoms with Crippen molar-refractivity contribution in [2.75, 3.05) is 5.32 Å². The minimum atomic E-state index is -1.00. The lowest BCUT2D eigenvalue weighted by Crippen LogP contribution is -2.30. The number of hydrogen-bond donors (Lipinski definition) is 2. The van der Waals surface area contributed by atoms with Gasteiger partial charge in [-0.2, -0.15) is 0 Å². The van der Waals surface area contributed by atoms with Crippen LogP contribution in [0.25, 0.3) is 0 Å². The van der Waals surface area contributed by atoms with Gasteiger partial charge in [0.25, 0.3) is 11.8 Å². The van der Waals surface area contributed by atoms with E-state index in [9.17, 15) is 14.4 Å². The highest BCUT2D eigenvalue weighted by Crippen LogP contribution is 2.23. The van der Waals surface area contributed by atoms with Crippen molar-refractivity contribution in [2.45, 2.75) is 13.0 Å². The topological polar surface area (TPSA) is 98.5 Å². The zero-order valence-electron chi connectivity index (χ0n) is 11.7. The first kappa shape index (κ1) is 15.7. The minimum Gasteiger partial charge on any atom is -0.449 e. The molecule has 7 heteroatoms. The molecule has 0 radical (unpaired) electrons. The van der Waals surface area contributed by atoms with Crippen molar-refractivity contribution in [3.05, 3.63) is 52.9 Å². The summed E-state index contributed by atoms with van der Waals surface area (Å²) in [5.74, 6) is -1.76. The van der Waals surface area contributed by atoms with Crippen LogP contribution in [-0.4, -0.2) is 23.9 Å². The number of hydrogen-bond acceptors (Lipinski definition) is 5. The van der Waals surface area contributed by atoms with Gasteiger partial charge in [-0.3, -0.25) is 9.59 Å². The van der Waals surface area contributed by atoms with Gasteiger partial charge in [-0.1, -0.05) is 18.2 Å². The van der Waals surface area contributed by atoms with Gasteiger partial charge < -0.3 is 15.8 Å². The van der Waals surface area contributed by atoms with E-state index in [4.69, 9.17) is 10.5 Å². The lowest BCUT2D eigenvalue weighted by Gasteiger charge is -2.13. The highest BCUT2D eigenvalue weighted by molar-refractivity contribution is 7.14. The van der Waals surface area contributed by atoms with Crippen LogP contribution in [0, 0.1) is 0 Å². The zero-order chi connectivity index (χ0) is 16.1. The van der Waals surface area contributed by atoms with Crippen LogP contribution >= 0.6 is 11.3 Å². The first-order chi connectivity index (χ1) is 10.5. The molecule has 0 aliphatic heterocycles. The Morgan fingerprint density at radius 3 is 2.50 bits per heavy atom. The van der Waals surface area contributed by atoms with Gasteiger partial charge in [0.05, 0.1) is 11.1 Å².